The number of nitrogens with one attached hydrogen (secondary N) is 2. The van der Waals surface area contributed by atoms with Gasteiger partial charge in [0.25, 0.3) is 0 Å². The maximum absolute atomic E-state index is 11.7. The van der Waals surface area contributed by atoms with E-state index < -0.39 is 18.1 Å². The molecule has 3 N–H and O–H groups in total. The first-order chi connectivity index (χ1) is 10.1. The van der Waals surface area contributed by atoms with Crippen molar-refractivity contribution in [3.05, 3.63) is 29.8 Å². The number of para-hydroxylation sites is 1. The Morgan fingerprint density at radius 1 is 1.24 bits per heavy atom. The van der Waals surface area contributed by atoms with E-state index in [9.17, 15) is 9.59 Å². The minimum absolute atomic E-state index is 0.126. The van der Waals surface area contributed by atoms with Crippen LogP contribution in [-0.4, -0.2) is 44.0 Å². The number of rotatable bonds is 8. The molecular formula is C14H20N2O5. The minimum Gasteiger partial charge on any atom is -0.496 e. The van der Waals surface area contributed by atoms with E-state index in [4.69, 9.17) is 14.6 Å². The number of hydrogen-bond acceptors (Lipinski definition) is 4. The van der Waals surface area contributed by atoms with E-state index in [0.29, 0.717) is 12.3 Å². The average molecular weight is 296 g/mol. The van der Waals surface area contributed by atoms with E-state index in [1.807, 2.05) is 24.3 Å². The maximum atomic E-state index is 11.7. The predicted octanol–water partition coefficient (Wildman–Crippen LogP) is 0.984. The molecule has 1 atom stereocenters. The van der Waals surface area contributed by atoms with Crippen molar-refractivity contribution in [3.8, 4) is 5.75 Å². The number of amides is 2. The van der Waals surface area contributed by atoms with Crippen LogP contribution in [0, 0.1) is 0 Å². The molecule has 116 valence electrons. The second-order valence-electron chi connectivity index (χ2n) is 4.33. The van der Waals surface area contributed by atoms with Gasteiger partial charge in [0, 0.05) is 25.8 Å². The molecule has 0 saturated carbocycles. The van der Waals surface area contributed by atoms with E-state index >= 15 is 0 Å². The molecule has 1 unspecified atom stereocenters. The van der Waals surface area contributed by atoms with Crippen LogP contribution in [0.5, 0.6) is 5.75 Å². The lowest BCUT2D eigenvalue weighted by Gasteiger charge is -2.15. The topological polar surface area (TPSA) is 96.9 Å². The van der Waals surface area contributed by atoms with Crippen LogP contribution in [0.15, 0.2) is 24.3 Å². The number of carbonyl (C=O) groups excluding carboxylic acids is 1. The zero-order chi connectivity index (χ0) is 15.7. The van der Waals surface area contributed by atoms with E-state index in [0.717, 1.165) is 5.56 Å². The zero-order valence-electron chi connectivity index (χ0n) is 12.1. The number of carbonyl (C=O) groups is 2. The Hall–Kier alpha value is -2.28. The lowest BCUT2D eigenvalue weighted by Crippen LogP contribution is -2.40. The first-order valence-electron chi connectivity index (χ1n) is 6.45. The average Bonchev–Trinajstić information content (AvgIpc) is 2.49. The van der Waals surface area contributed by atoms with Crippen LogP contribution < -0.4 is 15.4 Å². The summed E-state index contributed by atoms with van der Waals surface area (Å²) in [6.45, 7) is 0.437. The second-order valence-corrected chi connectivity index (χ2v) is 4.33. The van der Waals surface area contributed by atoms with Gasteiger partial charge in [0.05, 0.1) is 19.6 Å². The Labute approximate surface area is 123 Å². The van der Waals surface area contributed by atoms with Gasteiger partial charge in [-0.2, -0.15) is 0 Å². The highest BCUT2D eigenvalue weighted by molar-refractivity contribution is 5.74. The summed E-state index contributed by atoms with van der Waals surface area (Å²) in [4.78, 5) is 22.2. The van der Waals surface area contributed by atoms with Gasteiger partial charge in [-0.3, -0.25) is 4.79 Å². The highest BCUT2D eigenvalue weighted by Gasteiger charge is 2.13. The van der Waals surface area contributed by atoms with Crippen molar-refractivity contribution in [2.45, 2.75) is 19.1 Å². The number of benzene rings is 1. The van der Waals surface area contributed by atoms with E-state index in [1.165, 1.54) is 7.11 Å². The fourth-order valence-electron chi connectivity index (χ4n) is 1.73. The van der Waals surface area contributed by atoms with E-state index in [1.54, 1.807) is 7.11 Å². The van der Waals surface area contributed by atoms with Gasteiger partial charge in [-0.05, 0) is 6.07 Å². The third-order valence-electron chi connectivity index (χ3n) is 2.86. The molecule has 0 aliphatic carbocycles. The van der Waals surface area contributed by atoms with E-state index in [-0.39, 0.29) is 13.0 Å². The molecule has 0 heterocycles. The fraction of sp³-hybridized carbons (Fsp3) is 0.429. The summed E-state index contributed by atoms with van der Waals surface area (Å²) in [5.41, 5.74) is 0.851. The van der Waals surface area contributed by atoms with Gasteiger partial charge < -0.3 is 25.2 Å². The first-order valence-corrected chi connectivity index (χ1v) is 6.45. The van der Waals surface area contributed by atoms with Crippen molar-refractivity contribution in [1.29, 1.82) is 0 Å². The lowest BCUT2D eigenvalue weighted by molar-refractivity contribution is -0.139. The van der Waals surface area contributed by atoms with E-state index in [2.05, 4.69) is 10.6 Å². The number of carboxylic acid groups (broad SMARTS) is 1. The SMILES string of the molecule is COc1ccccc1CNC(=O)NCC(CC(=O)O)OC. The van der Waals surface area contributed by atoms with Gasteiger partial charge in [0.15, 0.2) is 0 Å². The summed E-state index contributed by atoms with van der Waals surface area (Å²) >= 11 is 0. The lowest BCUT2D eigenvalue weighted by atomic mass is 10.2. The van der Waals surface area contributed by atoms with Crippen LogP contribution >= 0.6 is 0 Å². The minimum atomic E-state index is -0.974. The number of carboxylic acids is 1. The summed E-state index contributed by atoms with van der Waals surface area (Å²) in [6, 6.07) is 6.96. The predicted molar refractivity (Wildman–Crippen MR) is 76.3 cm³/mol. The van der Waals surface area contributed by atoms with Crippen molar-refractivity contribution in [1.82, 2.24) is 10.6 Å². The van der Waals surface area contributed by atoms with Crippen LogP contribution in [0.25, 0.3) is 0 Å². The van der Waals surface area contributed by atoms with Gasteiger partial charge in [-0.1, -0.05) is 18.2 Å². The van der Waals surface area contributed by atoms with Gasteiger partial charge in [0.2, 0.25) is 0 Å². The van der Waals surface area contributed by atoms with Gasteiger partial charge >= 0.3 is 12.0 Å². The summed E-state index contributed by atoms with van der Waals surface area (Å²) in [5.74, 6) is -0.281. The van der Waals surface area contributed by atoms with Crippen LogP contribution in [0.4, 0.5) is 4.79 Å². The molecule has 0 fully saturated rings. The Balaban J connectivity index is 2.38. The van der Waals surface area contributed by atoms with Gasteiger partial charge in [0.1, 0.15) is 5.75 Å². The van der Waals surface area contributed by atoms with Gasteiger partial charge in [-0.15, -0.1) is 0 Å². The molecule has 0 spiro atoms. The van der Waals surface area contributed by atoms with Crippen LogP contribution in [0.1, 0.15) is 12.0 Å². The number of aliphatic carboxylic acids is 1. The molecule has 21 heavy (non-hydrogen) atoms. The quantitative estimate of drug-likeness (QED) is 0.664. The normalized spacial score (nSPS) is 11.5. The first kappa shape index (κ1) is 16.8. The maximum Gasteiger partial charge on any atom is 0.315 e. The summed E-state index contributed by atoms with van der Waals surface area (Å²) in [7, 11) is 2.97. The number of urea groups is 1. The Morgan fingerprint density at radius 2 is 1.95 bits per heavy atom. The number of methoxy groups -OCH3 is 2. The Morgan fingerprint density at radius 3 is 2.57 bits per heavy atom. The summed E-state index contributed by atoms with van der Waals surface area (Å²) in [5, 5.41) is 13.9. The number of hydrogen-bond donors (Lipinski definition) is 3. The standard InChI is InChI=1S/C14H20N2O5/c1-20-11(7-13(17)18)9-16-14(19)15-8-10-5-3-4-6-12(10)21-2/h3-6,11H,7-9H2,1-2H3,(H,17,18)(H2,15,16,19). The molecule has 7 nitrogen and oxygen atoms in total. The van der Waals surface area contributed by atoms with Crippen molar-refractivity contribution in [3.63, 3.8) is 0 Å². The molecule has 7 heteroatoms. The Kier molecular flexibility index (Phi) is 7.03. The molecule has 0 aromatic heterocycles. The molecule has 1 rings (SSSR count). The van der Waals surface area contributed by atoms with Gasteiger partial charge in [-0.25, -0.2) is 4.79 Å². The molecule has 0 aliphatic rings. The monoisotopic (exact) mass is 296 g/mol. The molecular weight excluding hydrogens is 276 g/mol. The Bertz CT molecular complexity index is 478. The highest BCUT2D eigenvalue weighted by atomic mass is 16.5. The molecule has 0 bridgehead atoms. The molecule has 0 radical (unpaired) electrons. The molecule has 1 aromatic carbocycles. The third kappa shape index (κ3) is 6.13. The third-order valence-corrected chi connectivity index (χ3v) is 2.86. The summed E-state index contributed by atoms with van der Waals surface area (Å²) in [6.07, 6.45) is -0.719. The summed E-state index contributed by atoms with van der Waals surface area (Å²) < 4.78 is 10.1. The highest BCUT2D eigenvalue weighted by Crippen LogP contribution is 2.16. The molecule has 0 saturated heterocycles. The van der Waals surface area contributed by atoms with Crippen molar-refractivity contribution < 1.29 is 24.2 Å². The molecule has 0 aliphatic heterocycles. The van der Waals surface area contributed by atoms with Crippen molar-refractivity contribution >= 4 is 12.0 Å². The van der Waals surface area contributed by atoms with Crippen molar-refractivity contribution in [2.75, 3.05) is 20.8 Å². The van der Waals surface area contributed by atoms with Crippen LogP contribution in [0.3, 0.4) is 0 Å². The second kappa shape index (κ2) is 8.80. The number of ether oxygens (including phenoxy) is 2. The molecule has 2 amide bonds. The van der Waals surface area contributed by atoms with Crippen molar-refractivity contribution in [2.24, 2.45) is 0 Å². The largest absolute Gasteiger partial charge is 0.496 e. The smallest absolute Gasteiger partial charge is 0.315 e. The fourth-order valence-corrected chi connectivity index (χ4v) is 1.73. The molecule has 1 aromatic rings. The zero-order valence-corrected chi connectivity index (χ0v) is 12.1. The van der Waals surface area contributed by atoms with Crippen LogP contribution in [0.2, 0.25) is 0 Å². The van der Waals surface area contributed by atoms with Crippen LogP contribution in [-0.2, 0) is 16.1 Å².